The summed E-state index contributed by atoms with van der Waals surface area (Å²) >= 11 is 0. The van der Waals surface area contributed by atoms with Crippen LogP contribution in [0.15, 0.2) is 65.6 Å². The summed E-state index contributed by atoms with van der Waals surface area (Å²) in [5, 5.41) is 12.4. The van der Waals surface area contributed by atoms with Crippen LogP contribution >= 0.6 is 0 Å². The molecule has 1 aromatic heterocycles. The van der Waals surface area contributed by atoms with Crippen LogP contribution in [0.3, 0.4) is 0 Å². The molecule has 1 aliphatic rings. The quantitative estimate of drug-likeness (QED) is 0.420. The molecule has 2 aromatic carbocycles. The molecule has 2 heterocycles. The highest BCUT2D eigenvalue weighted by atomic mass is 32.2. The number of ether oxygens (including phenoxy) is 1. The minimum absolute atomic E-state index is 0.00568. The Kier molecular flexibility index (Phi) is 6.97. The second-order valence-corrected chi connectivity index (χ2v) is 10.3. The Labute approximate surface area is 197 Å². The van der Waals surface area contributed by atoms with E-state index in [-0.39, 0.29) is 29.1 Å². The number of rotatable bonds is 10. The third-order valence-corrected chi connectivity index (χ3v) is 7.20. The molecule has 1 saturated heterocycles. The van der Waals surface area contributed by atoms with Crippen molar-refractivity contribution in [1.29, 1.82) is 0 Å². The highest BCUT2D eigenvalue weighted by molar-refractivity contribution is 7.92. The average Bonchev–Trinajstić information content (AvgIpc) is 2.79. The standard InChI is InChI=1S/C24H25N3O6S/c28-22(29)14-27-23(18-8-10-19(11-9-18)33-20-15-34(31,32)16-20)26-13-21(24(27)30)25-12-4-7-17-5-2-1-3-6-17/h1-3,5-6,8-11,13,20,25H,4,7,12,14-16H2,(H,28,29). The third kappa shape index (κ3) is 5.82. The predicted molar refractivity (Wildman–Crippen MR) is 128 cm³/mol. The number of sulfone groups is 1. The molecule has 0 amide bonds. The van der Waals surface area contributed by atoms with Crippen molar-refractivity contribution in [2.75, 3.05) is 23.4 Å². The van der Waals surface area contributed by atoms with E-state index in [9.17, 15) is 23.1 Å². The first-order valence-corrected chi connectivity index (χ1v) is 12.7. The van der Waals surface area contributed by atoms with Gasteiger partial charge in [0.25, 0.3) is 5.56 Å². The van der Waals surface area contributed by atoms with E-state index in [1.54, 1.807) is 24.3 Å². The Balaban J connectivity index is 1.46. The summed E-state index contributed by atoms with van der Waals surface area (Å²) in [6.45, 7) is 0.0139. The molecular weight excluding hydrogens is 458 g/mol. The van der Waals surface area contributed by atoms with Crippen molar-refractivity contribution in [2.24, 2.45) is 0 Å². The molecule has 3 aromatic rings. The smallest absolute Gasteiger partial charge is 0.323 e. The number of anilines is 1. The molecule has 1 aliphatic heterocycles. The Morgan fingerprint density at radius 1 is 1.12 bits per heavy atom. The number of benzene rings is 2. The average molecular weight is 484 g/mol. The number of nitrogens with one attached hydrogen (secondary N) is 1. The van der Waals surface area contributed by atoms with E-state index in [1.165, 1.54) is 11.8 Å². The number of carboxylic acid groups (broad SMARTS) is 1. The topological polar surface area (TPSA) is 128 Å². The summed E-state index contributed by atoms with van der Waals surface area (Å²) in [6.07, 6.45) is 2.70. The maximum absolute atomic E-state index is 13.0. The van der Waals surface area contributed by atoms with Gasteiger partial charge in [0, 0.05) is 12.1 Å². The molecule has 0 bridgehead atoms. The normalized spacial score (nSPS) is 14.8. The monoisotopic (exact) mass is 483 g/mol. The van der Waals surface area contributed by atoms with Crippen molar-refractivity contribution >= 4 is 21.5 Å². The molecule has 2 N–H and O–H groups in total. The highest BCUT2D eigenvalue weighted by Gasteiger charge is 2.35. The van der Waals surface area contributed by atoms with Gasteiger partial charge in [-0.05, 0) is 42.7 Å². The molecule has 0 atom stereocenters. The van der Waals surface area contributed by atoms with Crippen molar-refractivity contribution in [1.82, 2.24) is 9.55 Å². The van der Waals surface area contributed by atoms with E-state index in [0.717, 1.165) is 17.4 Å². The number of carbonyl (C=O) groups is 1. The summed E-state index contributed by atoms with van der Waals surface area (Å²) in [5.41, 5.74) is 1.52. The fraction of sp³-hybridized carbons (Fsp3) is 0.292. The molecule has 178 valence electrons. The molecule has 4 rings (SSSR count). The van der Waals surface area contributed by atoms with Gasteiger partial charge in [0.1, 0.15) is 29.9 Å². The summed E-state index contributed by atoms with van der Waals surface area (Å²) in [5.74, 6) is -0.451. The van der Waals surface area contributed by atoms with Crippen LogP contribution in [0.1, 0.15) is 12.0 Å². The lowest BCUT2D eigenvalue weighted by atomic mass is 10.1. The van der Waals surface area contributed by atoms with E-state index in [0.29, 0.717) is 17.9 Å². The van der Waals surface area contributed by atoms with Crippen LogP contribution in [0.5, 0.6) is 5.75 Å². The molecule has 1 fully saturated rings. The molecule has 34 heavy (non-hydrogen) atoms. The van der Waals surface area contributed by atoms with Crippen molar-refractivity contribution in [3.8, 4) is 17.1 Å². The predicted octanol–water partition coefficient (Wildman–Crippen LogP) is 2.22. The molecular formula is C24H25N3O6S. The van der Waals surface area contributed by atoms with E-state index < -0.39 is 27.9 Å². The van der Waals surface area contributed by atoms with Crippen LogP contribution in [-0.2, 0) is 27.6 Å². The van der Waals surface area contributed by atoms with Crippen LogP contribution in [0.4, 0.5) is 5.69 Å². The Bertz CT molecular complexity index is 1310. The maximum Gasteiger partial charge on any atom is 0.323 e. The highest BCUT2D eigenvalue weighted by Crippen LogP contribution is 2.24. The first kappa shape index (κ1) is 23.5. The summed E-state index contributed by atoms with van der Waals surface area (Å²) in [6, 6.07) is 16.6. The molecule has 9 nitrogen and oxygen atoms in total. The van der Waals surface area contributed by atoms with Crippen molar-refractivity contribution in [3.63, 3.8) is 0 Å². The van der Waals surface area contributed by atoms with Crippen LogP contribution in [0.2, 0.25) is 0 Å². The lowest BCUT2D eigenvalue weighted by Crippen LogP contribution is -2.45. The number of aliphatic carboxylic acids is 1. The largest absolute Gasteiger partial charge is 0.488 e. The van der Waals surface area contributed by atoms with Crippen molar-refractivity contribution in [2.45, 2.75) is 25.5 Å². The minimum atomic E-state index is -2.99. The van der Waals surface area contributed by atoms with Gasteiger partial charge >= 0.3 is 5.97 Å². The second kappa shape index (κ2) is 10.1. The number of aryl methyl sites for hydroxylation is 1. The summed E-state index contributed by atoms with van der Waals surface area (Å²) in [4.78, 5) is 28.8. The van der Waals surface area contributed by atoms with Gasteiger partial charge in [0.05, 0.1) is 17.7 Å². The lowest BCUT2D eigenvalue weighted by molar-refractivity contribution is -0.137. The van der Waals surface area contributed by atoms with E-state index in [4.69, 9.17) is 4.74 Å². The fourth-order valence-corrected chi connectivity index (χ4v) is 4.92. The zero-order valence-electron chi connectivity index (χ0n) is 18.4. The molecule has 0 unspecified atom stereocenters. The Morgan fingerprint density at radius 2 is 1.82 bits per heavy atom. The van der Waals surface area contributed by atoms with E-state index in [1.807, 2.05) is 30.3 Å². The maximum atomic E-state index is 13.0. The Hall–Kier alpha value is -3.66. The van der Waals surface area contributed by atoms with Gasteiger partial charge in [-0.3, -0.25) is 14.2 Å². The second-order valence-electron chi connectivity index (χ2n) is 8.14. The van der Waals surface area contributed by atoms with Gasteiger partial charge < -0.3 is 15.2 Å². The minimum Gasteiger partial charge on any atom is -0.488 e. The number of carboxylic acids is 1. The number of hydrogen-bond donors (Lipinski definition) is 2. The molecule has 0 aliphatic carbocycles. The lowest BCUT2D eigenvalue weighted by Gasteiger charge is -2.26. The number of nitrogens with zero attached hydrogens (tertiary/aromatic N) is 2. The Morgan fingerprint density at radius 3 is 2.47 bits per heavy atom. The number of hydrogen-bond acceptors (Lipinski definition) is 7. The summed E-state index contributed by atoms with van der Waals surface area (Å²) in [7, 11) is -2.99. The van der Waals surface area contributed by atoms with Gasteiger partial charge in [0.15, 0.2) is 9.84 Å². The zero-order valence-corrected chi connectivity index (χ0v) is 19.2. The van der Waals surface area contributed by atoms with Crippen LogP contribution in [-0.4, -0.2) is 53.2 Å². The van der Waals surface area contributed by atoms with Gasteiger partial charge in [0.2, 0.25) is 0 Å². The zero-order chi connectivity index (χ0) is 24.1. The van der Waals surface area contributed by atoms with Gasteiger partial charge in [-0.25, -0.2) is 13.4 Å². The van der Waals surface area contributed by atoms with E-state index in [2.05, 4.69) is 10.3 Å². The molecule has 0 spiro atoms. The molecule has 10 heteroatoms. The van der Waals surface area contributed by atoms with Gasteiger partial charge in [-0.15, -0.1) is 0 Å². The third-order valence-electron chi connectivity index (χ3n) is 5.44. The van der Waals surface area contributed by atoms with Crippen molar-refractivity contribution in [3.05, 3.63) is 76.7 Å². The molecule has 0 saturated carbocycles. The first-order valence-electron chi connectivity index (χ1n) is 10.9. The van der Waals surface area contributed by atoms with Crippen LogP contribution < -0.4 is 15.6 Å². The van der Waals surface area contributed by atoms with Crippen LogP contribution in [0.25, 0.3) is 11.4 Å². The molecule has 0 radical (unpaired) electrons. The SMILES string of the molecule is O=C(O)Cn1c(-c2ccc(OC3CS(=O)(=O)C3)cc2)ncc(NCCCc2ccccc2)c1=O. The first-order chi connectivity index (χ1) is 16.3. The number of aromatic nitrogens is 2. The summed E-state index contributed by atoms with van der Waals surface area (Å²) < 4.78 is 29.3. The van der Waals surface area contributed by atoms with Crippen LogP contribution in [0, 0.1) is 0 Å². The van der Waals surface area contributed by atoms with Gasteiger partial charge in [-0.2, -0.15) is 0 Å². The van der Waals surface area contributed by atoms with Gasteiger partial charge in [-0.1, -0.05) is 30.3 Å². The fourth-order valence-electron chi connectivity index (χ4n) is 3.75. The van der Waals surface area contributed by atoms with E-state index >= 15 is 0 Å². The van der Waals surface area contributed by atoms with Crippen molar-refractivity contribution < 1.29 is 23.1 Å².